The molecule has 11 heteroatoms. The molecule has 1 aliphatic heterocycles. The van der Waals surface area contributed by atoms with Gasteiger partial charge in [0.25, 0.3) is 5.69 Å². The molecule has 1 aromatic carbocycles. The van der Waals surface area contributed by atoms with E-state index in [1.807, 2.05) is 0 Å². The lowest BCUT2D eigenvalue weighted by Gasteiger charge is -2.40. The van der Waals surface area contributed by atoms with Gasteiger partial charge in [0.05, 0.1) is 17.6 Å². The molecule has 124 valence electrons. The number of hydrogen-bond donors (Lipinski definition) is 3. The number of benzene rings is 1. The van der Waals surface area contributed by atoms with Crippen LogP contribution in [0.5, 0.6) is 5.75 Å². The highest BCUT2D eigenvalue weighted by Gasteiger charge is 2.45. The Bertz CT molecular complexity index is 604. The molecule has 23 heavy (non-hydrogen) atoms. The van der Waals surface area contributed by atoms with Crippen molar-refractivity contribution in [1.82, 2.24) is 0 Å². The van der Waals surface area contributed by atoms with Crippen molar-refractivity contribution in [1.29, 1.82) is 0 Å². The summed E-state index contributed by atoms with van der Waals surface area (Å²) in [7, 11) is 0. The van der Waals surface area contributed by atoms with E-state index in [0.717, 1.165) is 0 Å². The molecule has 11 nitrogen and oxygen atoms in total. The summed E-state index contributed by atoms with van der Waals surface area (Å²) in [6.45, 7) is -0.582. The molecule has 0 amide bonds. The largest absolute Gasteiger partial charge is 0.464 e. The van der Waals surface area contributed by atoms with E-state index in [-0.39, 0.29) is 11.4 Å². The van der Waals surface area contributed by atoms with Gasteiger partial charge in [-0.2, -0.15) is 0 Å². The van der Waals surface area contributed by atoms with Crippen LogP contribution in [0, 0.1) is 10.1 Å². The molecule has 1 fully saturated rings. The van der Waals surface area contributed by atoms with Crippen molar-refractivity contribution >= 4 is 5.69 Å². The van der Waals surface area contributed by atoms with Gasteiger partial charge in [0.15, 0.2) is 0 Å². The van der Waals surface area contributed by atoms with Crippen LogP contribution in [0.3, 0.4) is 0 Å². The van der Waals surface area contributed by atoms with Crippen molar-refractivity contribution in [2.75, 3.05) is 6.61 Å². The Morgan fingerprint density at radius 1 is 1.35 bits per heavy atom. The van der Waals surface area contributed by atoms with Gasteiger partial charge in [-0.05, 0) is 17.7 Å². The van der Waals surface area contributed by atoms with Gasteiger partial charge >= 0.3 is 0 Å². The maximum Gasteiger partial charge on any atom is 0.269 e. The minimum Gasteiger partial charge on any atom is -0.464 e. The molecular weight excluding hydrogens is 312 g/mol. The summed E-state index contributed by atoms with van der Waals surface area (Å²) in [5, 5.41) is 42.8. The second-order valence-electron chi connectivity index (χ2n) is 4.77. The van der Waals surface area contributed by atoms with Crippen molar-refractivity contribution in [2.24, 2.45) is 5.11 Å². The van der Waals surface area contributed by atoms with Crippen LogP contribution in [0.2, 0.25) is 0 Å². The third-order valence-corrected chi connectivity index (χ3v) is 3.33. The first-order chi connectivity index (χ1) is 11.0. The minimum absolute atomic E-state index is 0.141. The number of rotatable bonds is 5. The highest BCUT2D eigenvalue weighted by molar-refractivity contribution is 5.36. The number of hydrogen-bond acceptors (Lipinski definition) is 8. The molecule has 0 spiro atoms. The molecule has 1 aliphatic rings. The first kappa shape index (κ1) is 16.9. The normalized spacial score (nSPS) is 30.3. The maximum atomic E-state index is 10.6. The van der Waals surface area contributed by atoms with E-state index in [4.69, 9.17) is 20.1 Å². The van der Waals surface area contributed by atoms with Gasteiger partial charge in [-0.15, -0.1) is 0 Å². The van der Waals surface area contributed by atoms with E-state index in [2.05, 4.69) is 10.0 Å². The lowest BCUT2D eigenvalue weighted by Crippen LogP contribution is -2.59. The van der Waals surface area contributed by atoms with Crippen LogP contribution in [0.4, 0.5) is 5.69 Å². The number of aliphatic hydroxyl groups is 3. The molecule has 0 radical (unpaired) electrons. The quantitative estimate of drug-likeness (QED) is 0.226. The summed E-state index contributed by atoms with van der Waals surface area (Å²) >= 11 is 0. The lowest BCUT2D eigenvalue weighted by molar-refractivity contribution is -0.384. The summed E-state index contributed by atoms with van der Waals surface area (Å²) in [5.74, 6) is 0.166. The van der Waals surface area contributed by atoms with Crippen LogP contribution in [-0.2, 0) is 4.74 Å². The predicted octanol–water partition coefficient (Wildman–Crippen LogP) is 0.0915. The van der Waals surface area contributed by atoms with Crippen LogP contribution < -0.4 is 4.74 Å². The van der Waals surface area contributed by atoms with E-state index in [1.54, 1.807) is 0 Å². The first-order valence-electron chi connectivity index (χ1n) is 6.55. The molecule has 0 unspecified atom stereocenters. The standard InChI is InChI=1S/C12H14N4O7/c13-15-14-9-11(19)10(18)8(5-17)23-12(9)22-7-3-1-6(2-4-7)16(20)21/h1-4,8-12,17-19H,5H2/t8-,9-,10+,11-,12-/m0/s1. The van der Waals surface area contributed by atoms with E-state index in [1.165, 1.54) is 24.3 Å². The molecule has 1 aromatic rings. The van der Waals surface area contributed by atoms with Crippen molar-refractivity contribution in [3.63, 3.8) is 0 Å². The Morgan fingerprint density at radius 3 is 2.52 bits per heavy atom. The Balaban J connectivity index is 2.20. The number of aliphatic hydroxyl groups excluding tert-OH is 3. The number of non-ortho nitro benzene ring substituents is 1. The van der Waals surface area contributed by atoms with E-state index < -0.39 is 42.2 Å². The minimum atomic E-state index is -1.50. The highest BCUT2D eigenvalue weighted by atomic mass is 16.7. The molecule has 0 bridgehead atoms. The van der Waals surface area contributed by atoms with E-state index in [9.17, 15) is 20.3 Å². The highest BCUT2D eigenvalue weighted by Crippen LogP contribution is 2.27. The van der Waals surface area contributed by atoms with Crippen LogP contribution in [-0.4, -0.2) is 57.5 Å². The monoisotopic (exact) mass is 326 g/mol. The zero-order valence-electron chi connectivity index (χ0n) is 11.7. The van der Waals surface area contributed by atoms with Crippen molar-refractivity contribution < 1.29 is 29.7 Å². The second-order valence-corrected chi connectivity index (χ2v) is 4.77. The Hall–Kier alpha value is -2.43. The molecule has 3 N–H and O–H groups in total. The summed E-state index contributed by atoms with van der Waals surface area (Å²) in [6, 6.07) is 3.76. The predicted molar refractivity (Wildman–Crippen MR) is 74.4 cm³/mol. The van der Waals surface area contributed by atoms with Crippen LogP contribution >= 0.6 is 0 Å². The maximum absolute atomic E-state index is 10.6. The lowest BCUT2D eigenvalue weighted by atomic mass is 9.98. The molecule has 1 saturated heterocycles. The fourth-order valence-corrected chi connectivity index (χ4v) is 2.13. The number of azide groups is 1. The fraction of sp³-hybridized carbons (Fsp3) is 0.500. The van der Waals surface area contributed by atoms with Crippen molar-refractivity contribution in [2.45, 2.75) is 30.6 Å². The van der Waals surface area contributed by atoms with Gasteiger partial charge in [-0.3, -0.25) is 10.1 Å². The Morgan fingerprint density at radius 2 is 2.00 bits per heavy atom. The zero-order chi connectivity index (χ0) is 17.0. The number of nitro benzene ring substituents is 1. The third kappa shape index (κ3) is 3.67. The van der Waals surface area contributed by atoms with Crippen molar-refractivity contribution in [3.8, 4) is 5.75 Å². The fourth-order valence-electron chi connectivity index (χ4n) is 2.13. The Kier molecular flexibility index (Phi) is 5.32. The van der Waals surface area contributed by atoms with Crippen molar-refractivity contribution in [3.05, 3.63) is 44.8 Å². The average Bonchev–Trinajstić information content (AvgIpc) is 2.54. The van der Waals surface area contributed by atoms with Crippen LogP contribution in [0.25, 0.3) is 10.4 Å². The zero-order valence-corrected chi connectivity index (χ0v) is 11.7. The first-order valence-corrected chi connectivity index (χ1v) is 6.55. The summed E-state index contributed by atoms with van der Waals surface area (Å²) in [5.41, 5.74) is 8.42. The van der Waals surface area contributed by atoms with Gasteiger partial charge in [0.1, 0.15) is 24.0 Å². The van der Waals surface area contributed by atoms with Crippen LogP contribution in [0.15, 0.2) is 29.4 Å². The average molecular weight is 326 g/mol. The van der Waals surface area contributed by atoms with Gasteiger partial charge < -0.3 is 24.8 Å². The van der Waals surface area contributed by atoms with Gasteiger partial charge in [-0.1, -0.05) is 5.11 Å². The topological polar surface area (TPSA) is 171 Å². The molecule has 0 aromatic heterocycles. The molecule has 5 atom stereocenters. The van der Waals surface area contributed by atoms with E-state index in [0.29, 0.717) is 0 Å². The number of nitro groups is 1. The van der Waals surface area contributed by atoms with Gasteiger partial charge in [0, 0.05) is 17.0 Å². The Labute approximate surface area is 129 Å². The second kappa shape index (κ2) is 7.22. The summed E-state index contributed by atoms with van der Waals surface area (Å²) in [4.78, 5) is 12.6. The molecule has 0 saturated carbocycles. The van der Waals surface area contributed by atoms with Crippen LogP contribution in [0.1, 0.15) is 0 Å². The SMILES string of the molecule is [N-]=[N+]=N[C@@H]1[C@@H](Oc2ccc([N+](=O)[O-])cc2)O[C@@H](CO)[C@@H](O)[C@H]1O. The summed E-state index contributed by atoms with van der Waals surface area (Å²) < 4.78 is 10.7. The molecule has 2 rings (SSSR count). The molecular formula is C12H14N4O7. The van der Waals surface area contributed by atoms with Gasteiger partial charge in [0.2, 0.25) is 6.29 Å². The number of nitrogens with zero attached hydrogens (tertiary/aromatic N) is 4. The third-order valence-electron chi connectivity index (χ3n) is 3.33. The van der Waals surface area contributed by atoms with E-state index >= 15 is 0 Å². The summed E-state index contributed by atoms with van der Waals surface area (Å²) in [6.07, 6.45) is -5.35. The van der Waals surface area contributed by atoms with Gasteiger partial charge in [-0.25, -0.2) is 0 Å². The molecule has 1 heterocycles. The number of ether oxygens (including phenoxy) is 2. The smallest absolute Gasteiger partial charge is 0.269 e. The molecule has 0 aliphatic carbocycles.